The molecule has 1 aliphatic heterocycles. The van der Waals surface area contributed by atoms with E-state index in [2.05, 4.69) is 22.4 Å². The maximum Gasteiger partial charge on any atom is 0.250 e. The molecular weight excluding hydrogens is 380 g/mol. The van der Waals surface area contributed by atoms with Gasteiger partial charge in [-0.3, -0.25) is 9.20 Å². The van der Waals surface area contributed by atoms with Gasteiger partial charge in [-0.2, -0.15) is 0 Å². The molecule has 0 saturated carbocycles. The summed E-state index contributed by atoms with van der Waals surface area (Å²) in [6, 6.07) is 13.5. The van der Waals surface area contributed by atoms with E-state index < -0.39 is 5.91 Å². The van der Waals surface area contributed by atoms with E-state index in [0.717, 1.165) is 24.1 Å². The molecule has 3 N–H and O–H groups in total. The summed E-state index contributed by atoms with van der Waals surface area (Å²) in [6.45, 7) is 1.26. The molecule has 0 atom stereocenters. The number of hydrogen-bond donors (Lipinski definition) is 2. The first-order chi connectivity index (χ1) is 14.7. The summed E-state index contributed by atoms with van der Waals surface area (Å²) in [7, 11) is 0. The Morgan fingerprint density at radius 1 is 1.17 bits per heavy atom. The standard InChI is InChI=1S/C22H20N6O2/c23-19(29)15-8-4-10-28-17(15)13-25-22(28)21-26-16-9-5-11-30-18(16)20(27-21)24-12-14-6-2-1-3-7-14/h1-4,6-8,10,13H,5,9,11-12H2,(H2,23,29)(H,24,26,27). The minimum Gasteiger partial charge on any atom is -0.488 e. The van der Waals surface area contributed by atoms with E-state index in [4.69, 9.17) is 20.4 Å². The highest BCUT2D eigenvalue weighted by Gasteiger charge is 2.22. The van der Waals surface area contributed by atoms with E-state index in [1.54, 1.807) is 22.7 Å². The summed E-state index contributed by atoms with van der Waals surface area (Å²) in [6.07, 6.45) is 5.14. The molecule has 0 saturated heterocycles. The normalized spacial score (nSPS) is 12.9. The van der Waals surface area contributed by atoms with Crippen molar-refractivity contribution in [3.63, 3.8) is 0 Å². The number of pyridine rings is 1. The highest BCUT2D eigenvalue weighted by atomic mass is 16.5. The highest BCUT2D eigenvalue weighted by Crippen LogP contribution is 2.33. The summed E-state index contributed by atoms with van der Waals surface area (Å²) >= 11 is 0. The third kappa shape index (κ3) is 3.22. The van der Waals surface area contributed by atoms with Gasteiger partial charge in [-0.15, -0.1) is 0 Å². The first kappa shape index (κ1) is 18.1. The zero-order chi connectivity index (χ0) is 20.5. The second-order valence-electron chi connectivity index (χ2n) is 7.09. The fraction of sp³-hybridized carbons (Fsp3) is 0.182. The van der Waals surface area contributed by atoms with Crippen LogP contribution in [0.25, 0.3) is 17.2 Å². The molecule has 0 spiro atoms. The number of primary amides is 1. The molecule has 3 aromatic heterocycles. The van der Waals surface area contributed by atoms with Gasteiger partial charge in [0, 0.05) is 12.7 Å². The van der Waals surface area contributed by atoms with Crippen molar-refractivity contribution < 1.29 is 9.53 Å². The predicted molar refractivity (Wildman–Crippen MR) is 112 cm³/mol. The summed E-state index contributed by atoms with van der Waals surface area (Å²) in [5.41, 5.74) is 8.51. The van der Waals surface area contributed by atoms with Crippen molar-refractivity contribution in [1.82, 2.24) is 19.4 Å². The SMILES string of the molecule is NC(=O)c1cccn2c(-c3nc4c(c(NCc5ccccc5)n3)OCCC4)ncc12. The fourth-order valence-electron chi connectivity index (χ4n) is 3.63. The molecule has 150 valence electrons. The number of benzene rings is 1. The largest absolute Gasteiger partial charge is 0.488 e. The molecule has 0 radical (unpaired) electrons. The van der Waals surface area contributed by atoms with Crippen molar-refractivity contribution in [3.8, 4) is 17.4 Å². The number of carbonyl (C=O) groups excluding carboxylic acids is 1. The number of anilines is 1. The molecule has 4 aromatic rings. The van der Waals surface area contributed by atoms with E-state index in [0.29, 0.717) is 47.4 Å². The Morgan fingerprint density at radius 3 is 2.87 bits per heavy atom. The Hall–Kier alpha value is -3.94. The second-order valence-corrected chi connectivity index (χ2v) is 7.09. The Kier molecular flexibility index (Phi) is 4.51. The molecular formula is C22H20N6O2. The molecule has 30 heavy (non-hydrogen) atoms. The molecule has 5 rings (SSSR count). The number of ether oxygens (including phenoxy) is 1. The van der Waals surface area contributed by atoms with Crippen LogP contribution in [0.4, 0.5) is 5.82 Å². The van der Waals surface area contributed by atoms with Gasteiger partial charge in [-0.05, 0) is 30.5 Å². The van der Waals surface area contributed by atoms with Gasteiger partial charge in [0.2, 0.25) is 0 Å². The number of nitrogens with one attached hydrogen (secondary N) is 1. The van der Waals surface area contributed by atoms with Gasteiger partial charge in [0.1, 0.15) is 0 Å². The first-order valence-electron chi connectivity index (χ1n) is 9.78. The third-order valence-corrected chi connectivity index (χ3v) is 5.08. The van der Waals surface area contributed by atoms with Crippen LogP contribution in [-0.2, 0) is 13.0 Å². The van der Waals surface area contributed by atoms with Crippen LogP contribution in [0.3, 0.4) is 0 Å². The molecule has 8 heteroatoms. The van der Waals surface area contributed by atoms with Crippen molar-refractivity contribution in [2.75, 3.05) is 11.9 Å². The number of amides is 1. The number of rotatable bonds is 5. The summed E-state index contributed by atoms with van der Waals surface area (Å²) in [5, 5.41) is 3.38. The number of fused-ring (bicyclic) bond motifs is 2. The van der Waals surface area contributed by atoms with Gasteiger partial charge in [0.05, 0.1) is 29.6 Å². The van der Waals surface area contributed by atoms with E-state index in [9.17, 15) is 4.79 Å². The Labute approximate surface area is 172 Å². The second kappa shape index (κ2) is 7.47. The number of carbonyl (C=O) groups is 1. The molecule has 4 heterocycles. The minimum absolute atomic E-state index is 0.403. The van der Waals surface area contributed by atoms with Crippen molar-refractivity contribution in [1.29, 1.82) is 0 Å². The van der Waals surface area contributed by atoms with Gasteiger partial charge >= 0.3 is 0 Å². The lowest BCUT2D eigenvalue weighted by Crippen LogP contribution is -2.15. The van der Waals surface area contributed by atoms with Crippen LogP contribution in [-0.4, -0.2) is 31.9 Å². The summed E-state index contributed by atoms with van der Waals surface area (Å²) in [5.74, 6) is 1.85. The van der Waals surface area contributed by atoms with E-state index in [1.807, 2.05) is 24.4 Å². The molecule has 1 aliphatic rings. The highest BCUT2D eigenvalue weighted by molar-refractivity contribution is 5.99. The van der Waals surface area contributed by atoms with E-state index in [1.165, 1.54) is 0 Å². The monoisotopic (exact) mass is 400 g/mol. The van der Waals surface area contributed by atoms with E-state index >= 15 is 0 Å². The third-order valence-electron chi connectivity index (χ3n) is 5.08. The van der Waals surface area contributed by atoms with Crippen LogP contribution in [0.15, 0.2) is 54.9 Å². The van der Waals surface area contributed by atoms with Gasteiger partial charge in [0.15, 0.2) is 23.2 Å². The number of imidazole rings is 1. The molecule has 0 aliphatic carbocycles. The lowest BCUT2D eigenvalue weighted by Gasteiger charge is -2.20. The lowest BCUT2D eigenvalue weighted by molar-refractivity contribution is 0.100. The molecule has 0 bridgehead atoms. The molecule has 0 unspecified atom stereocenters. The number of nitrogens with two attached hydrogens (primary N) is 1. The average Bonchev–Trinajstić information content (AvgIpc) is 3.22. The fourth-order valence-corrected chi connectivity index (χ4v) is 3.63. The average molecular weight is 400 g/mol. The van der Waals surface area contributed by atoms with Crippen LogP contribution in [0, 0.1) is 0 Å². The van der Waals surface area contributed by atoms with Crippen LogP contribution < -0.4 is 15.8 Å². The number of hydrogen-bond acceptors (Lipinski definition) is 6. The number of aromatic nitrogens is 4. The van der Waals surface area contributed by atoms with Crippen molar-refractivity contribution in [3.05, 3.63) is 71.7 Å². The van der Waals surface area contributed by atoms with Crippen molar-refractivity contribution in [2.24, 2.45) is 5.73 Å². The Bertz CT molecular complexity index is 1240. The minimum atomic E-state index is -0.503. The molecule has 1 amide bonds. The van der Waals surface area contributed by atoms with Crippen LogP contribution in [0.2, 0.25) is 0 Å². The lowest BCUT2D eigenvalue weighted by atomic mass is 10.1. The topological polar surface area (TPSA) is 107 Å². The molecule has 8 nitrogen and oxygen atoms in total. The molecule has 1 aromatic carbocycles. The van der Waals surface area contributed by atoms with Crippen molar-refractivity contribution >= 4 is 17.2 Å². The zero-order valence-electron chi connectivity index (χ0n) is 16.2. The van der Waals surface area contributed by atoms with Crippen LogP contribution in [0.1, 0.15) is 28.0 Å². The van der Waals surface area contributed by atoms with Gasteiger partial charge in [0.25, 0.3) is 5.91 Å². The molecule has 0 fully saturated rings. The Balaban J connectivity index is 1.58. The van der Waals surface area contributed by atoms with Gasteiger partial charge in [-0.25, -0.2) is 15.0 Å². The van der Waals surface area contributed by atoms with Gasteiger partial charge < -0.3 is 15.8 Å². The van der Waals surface area contributed by atoms with Crippen molar-refractivity contribution in [2.45, 2.75) is 19.4 Å². The van der Waals surface area contributed by atoms with E-state index in [-0.39, 0.29) is 0 Å². The van der Waals surface area contributed by atoms with Gasteiger partial charge in [-0.1, -0.05) is 30.3 Å². The maximum atomic E-state index is 11.7. The summed E-state index contributed by atoms with van der Waals surface area (Å²) < 4.78 is 7.66. The quantitative estimate of drug-likeness (QED) is 0.533. The zero-order valence-corrected chi connectivity index (χ0v) is 16.2. The summed E-state index contributed by atoms with van der Waals surface area (Å²) in [4.78, 5) is 25.7. The predicted octanol–water partition coefficient (Wildman–Crippen LogP) is 2.83. The Morgan fingerprint density at radius 2 is 2.03 bits per heavy atom. The number of nitrogens with zero attached hydrogens (tertiary/aromatic N) is 4. The van der Waals surface area contributed by atoms with Crippen LogP contribution in [0.5, 0.6) is 5.75 Å². The smallest absolute Gasteiger partial charge is 0.250 e. The maximum absolute atomic E-state index is 11.7. The van der Waals surface area contributed by atoms with Crippen LogP contribution >= 0.6 is 0 Å². The first-order valence-corrected chi connectivity index (χ1v) is 9.78. The number of aryl methyl sites for hydroxylation is 1.